The molecule has 1 atom stereocenters. The first kappa shape index (κ1) is 14.5. The van der Waals surface area contributed by atoms with Gasteiger partial charge in [0.25, 0.3) is 0 Å². The predicted molar refractivity (Wildman–Crippen MR) is 79.8 cm³/mol. The summed E-state index contributed by atoms with van der Waals surface area (Å²) in [5.41, 5.74) is 3.73. The summed E-state index contributed by atoms with van der Waals surface area (Å²) >= 11 is 0. The van der Waals surface area contributed by atoms with Crippen LogP contribution in [0.3, 0.4) is 0 Å². The molecular formula is C17H20FNO. The number of rotatable bonds is 4. The van der Waals surface area contributed by atoms with Crippen LogP contribution < -0.4 is 10.1 Å². The molecule has 0 spiro atoms. The van der Waals surface area contributed by atoms with Crippen molar-refractivity contribution in [3.8, 4) is 5.75 Å². The smallest absolute Gasteiger partial charge is 0.128 e. The molecule has 1 unspecified atom stereocenters. The van der Waals surface area contributed by atoms with E-state index in [-0.39, 0.29) is 11.9 Å². The van der Waals surface area contributed by atoms with E-state index in [4.69, 9.17) is 4.74 Å². The molecule has 2 aromatic carbocycles. The lowest BCUT2D eigenvalue weighted by molar-refractivity contribution is 0.404. The molecule has 3 heteroatoms. The van der Waals surface area contributed by atoms with Gasteiger partial charge in [-0.25, -0.2) is 4.39 Å². The van der Waals surface area contributed by atoms with Crippen molar-refractivity contribution in [2.24, 2.45) is 0 Å². The molecule has 20 heavy (non-hydrogen) atoms. The van der Waals surface area contributed by atoms with E-state index in [2.05, 4.69) is 5.32 Å². The van der Waals surface area contributed by atoms with Crippen LogP contribution in [0.15, 0.2) is 36.4 Å². The molecule has 106 valence electrons. The molecule has 2 aromatic rings. The Morgan fingerprint density at radius 3 is 2.20 bits per heavy atom. The van der Waals surface area contributed by atoms with Crippen LogP contribution in [0.2, 0.25) is 0 Å². The minimum absolute atomic E-state index is 0.210. The van der Waals surface area contributed by atoms with Crippen LogP contribution in [-0.4, -0.2) is 14.2 Å². The summed E-state index contributed by atoms with van der Waals surface area (Å²) in [5, 5.41) is 3.18. The van der Waals surface area contributed by atoms with Crippen molar-refractivity contribution in [3.63, 3.8) is 0 Å². The zero-order chi connectivity index (χ0) is 14.7. The molecule has 0 heterocycles. The molecule has 0 fully saturated rings. The molecule has 0 aliphatic carbocycles. The Balaban J connectivity index is 2.57. The van der Waals surface area contributed by atoms with Crippen LogP contribution >= 0.6 is 0 Å². The van der Waals surface area contributed by atoms with Gasteiger partial charge >= 0.3 is 0 Å². The lowest BCUT2D eigenvalue weighted by Crippen LogP contribution is -2.20. The highest BCUT2D eigenvalue weighted by Gasteiger charge is 2.20. The number of aryl methyl sites for hydroxylation is 2. The van der Waals surface area contributed by atoms with E-state index in [1.165, 1.54) is 6.07 Å². The van der Waals surface area contributed by atoms with Gasteiger partial charge in [0.05, 0.1) is 13.2 Å². The maximum absolute atomic E-state index is 14.1. The van der Waals surface area contributed by atoms with E-state index in [1.807, 2.05) is 45.2 Å². The fourth-order valence-electron chi connectivity index (χ4n) is 2.44. The molecule has 0 saturated carbocycles. The third-order valence-electron chi connectivity index (χ3n) is 3.45. The van der Waals surface area contributed by atoms with Crippen LogP contribution in [0.5, 0.6) is 5.75 Å². The van der Waals surface area contributed by atoms with E-state index in [0.29, 0.717) is 5.56 Å². The number of ether oxygens (including phenoxy) is 1. The molecule has 0 saturated heterocycles. The minimum atomic E-state index is -0.232. The van der Waals surface area contributed by atoms with Gasteiger partial charge in [-0.15, -0.1) is 0 Å². The van der Waals surface area contributed by atoms with Crippen molar-refractivity contribution >= 4 is 0 Å². The number of methoxy groups -OCH3 is 1. The zero-order valence-corrected chi connectivity index (χ0v) is 12.3. The molecular weight excluding hydrogens is 253 g/mol. The van der Waals surface area contributed by atoms with Crippen LogP contribution in [0.25, 0.3) is 0 Å². The summed E-state index contributed by atoms with van der Waals surface area (Å²) < 4.78 is 19.6. The second kappa shape index (κ2) is 6.06. The van der Waals surface area contributed by atoms with Gasteiger partial charge in [-0.3, -0.25) is 0 Å². The third-order valence-corrected chi connectivity index (χ3v) is 3.45. The van der Waals surface area contributed by atoms with E-state index in [9.17, 15) is 4.39 Å². The first-order valence-corrected chi connectivity index (χ1v) is 6.64. The maximum atomic E-state index is 14.1. The van der Waals surface area contributed by atoms with Gasteiger partial charge in [-0.2, -0.15) is 0 Å². The van der Waals surface area contributed by atoms with Crippen molar-refractivity contribution in [2.75, 3.05) is 14.2 Å². The number of hydrogen-bond acceptors (Lipinski definition) is 2. The second-order valence-electron chi connectivity index (χ2n) is 4.99. The molecule has 0 aromatic heterocycles. The molecule has 0 aliphatic rings. The van der Waals surface area contributed by atoms with Crippen LogP contribution in [-0.2, 0) is 0 Å². The number of benzene rings is 2. The van der Waals surface area contributed by atoms with Gasteiger partial charge in [-0.1, -0.05) is 35.4 Å². The van der Waals surface area contributed by atoms with Gasteiger partial charge in [0.1, 0.15) is 11.6 Å². The van der Waals surface area contributed by atoms with E-state index >= 15 is 0 Å². The Labute approximate surface area is 119 Å². The average Bonchev–Trinajstić information content (AvgIpc) is 2.44. The lowest BCUT2D eigenvalue weighted by Gasteiger charge is -2.21. The van der Waals surface area contributed by atoms with E-state index in [1.54, 1.807) is 13.2 Å². The van der Waals surface area contributed by atoms with Crippen molar-refractivity contribution in [2.45, 2.75) is 19.9 Å². The van der Waals surface area contributed by atoms with E-state index < -0.39 is 0 Å². The Kier molecular flexibility index (Phi) is 4.40. The minimum Gasteiger partial charge on any atom is -0.496 e. The van der Waals surface area contributed by atoms with Crippen molar-refractivity contribution < 1.29 is 9.13 Å². The Morgan fingerprint density at radius 2 is 1.60 bits per heavy atom. The molecule has 0 amide bonds. The Morgan fingerprint density at radius 1 is 1.00 bits per heavy atom. The highest BCUT2D eigenvalue weighted by molar-refractivity contribution is 5.44. The average molecular weight is 273 g/mol. The van der Waals surface area contributed by atoms with Crippen LogP contribution in [0.1, 0.15) is 28.3 Å². The van der Waals surface area contributed by atoms with Crippen molar-refractivity contribution in [3.05, 3.63) is 64.5 Å². The number of hydrogen-bond donors (Lipinski definition) is 1. The molecule has 0 bridgehead atoms. The maximum Gasteiger partial charge on any atom is 0.128 e. The first-order valence-electron chi connectivity index (χ1n) is 6.64. The monoisotopic (exact) mass is 273 g/mol. The van der Waals surface area contributed by atoms with Crippen LogP contribution in [0.4, 0.5) is 4.39 Å². The van der Waals surface area contributed by atoms with Gasteiger partial charge < -0.3 is 10.1 Å². The molecule has 2 nitrogen and oxygen atoms in total. The van der Waals surface area contributed by atoms with Gasteiger partial charge in [0.15, 0.2) is 0 Å². The van der Waals surface area contributed by atoms with Gasteiger partial charge in [0, 0.05) is 11.1 Å². The number of nitrogens with one attached hydrogen (secondary N) is 1. The summed E-state index contributed by atoms with van der Waals surface area (Å²) in [6, 6.07) is 10.9. The molecule has 1 N–H and O–H groups in total. The normalized spacial score (nSPS) is 12.2. The summed E-state index contributed by atoms with van der Waals surface area (Å²) in [6.07, 6.45) is 0. The summed E-state index contributed by atoms with van der Waals surface area (Å²) in [6.45, 7) is 3.98. The highest BCUT2D eigenvalue weighted by Crippen LogP contribution is 2.32. The van der Waals surface area contributed by atoms with Crippen molar-refractivity contribution in [1.82, 2.24) is 5.32 Å². The second-order valence-corrected chi connectivity index (χ2v) is 4.99. The first-order chi connectivity index (χ1) is 9.56. The molecule has 2 rings (SSSR count). The Bertz CT molecular complexity index is 610. The fourth-order valence-corrected chi connectivity index (χ4v) is 2.44. The van der Waals surface area contributed by atoms with Crippen LogP contribution in [0, 0.1) is 19.7 Å². The SMILES string of the molecule is CNC(c1cc(C)ccc1F)c1cc(C)ccc1OC. The largest absolute Gasteiger partial charge is 0.496 e. The quantitative estimate of drug-likeness (QED) is 0.915. The third kappa shape index (κ3) is 2.83. The van der Waals surface area contributed by atoms with Crippen molar-refractivity contribution in [1.29, 1.82) is 0 Å². The topological polar surface area (TPSA) is 21.3 Å². The van der Waals surface area contributed by atoms with Gasteiger partial charge in [0.2, 0.25) is 0 Å². The summed E-state index contributed by atoms with van der Waals surface area (Å²) in [4.78, 5) is 0. The standard InChI is InChI=1S/C17H20FNO/c1-11-5-7-15(18)13(9-11)17(19-3)14-10-12(2)6-8-16(14)20-4/h5-10,17,19H,1-4H3. The molecule has 0 aliphatic heterocycles. The fraction of sp³-hybridized carbons (Fsp3) is 0.294. The highest BCUT2D eigenvalue weighted by atomic mass is 19.1. The Hall–Kier alpha value is -1.87. The van der Waals surface area contributed by atoms with E-state index in [0.717, 1.165) is 22.4 Å². The zero-order valence-electron chi connectivity index (χ0n) is 12.3. The predicted octanol–water partition coefficient (Wildman–Crippen LogP) is 3.76. The summed E-state index contributed by atoms with van der Waals surface area (Å²) in [7, 11) is 3.46. The molecule has 0 radical (unpaired) electrons. The summed E-state index contributed by atoms with van der Waals surface area (Å²) in [5.74, 6) is 0.550. The lowest BCUT2D eigenvalue weighted by atomic mass is 9.95. The van der Waals surface area contributed by atoms with Gasteiger partial charge in [-0.05, 0) is 33.0 Å². The number of halogens is 1.